The lowest BCUT2D eigenvalue weighted by Gasteiger charge is -2.27. The van der Waals surface area contributed by atoms with E-state index in [1.54, 1.807) is 37.3 Å². The molecule has 1 aliphatic rings. The van der Waals surface area contributed by atoms with Crippen LogP contribution in [-0.4, -0.2) is 37.0 Å². The highest BCUT2D eigenvalue weighted by atomic mass is 127. The number of barbiturate groups is 1. The molecule has 206 valence electrons. The summed E-state index contributed by atoms with van der Waals surface area (Å²) in [5, 5.41) is 4.84. The van der Waals surface area contributed by atoms with E-state index in [0.29, 0.717) is 32.0 Å². The molecule has 0 aromatic heterocycles. The van der Waals surface area contributed by atoms with Gasteiger partial charge in [-0.3, -0.25) is 19.7 Å². The highest BCUT2D eigenvalue weighted by molar-refractivity contribution is 14.1. The summed E-state index contributed by atoms with van der Waals surface area (Å²) in [6.07, 6.45) is 1.37. The maximum Gasteiger partial charge on any atom is 0.335 e. The molecule has 0 radical (unpaired) electrons. The number of aryl methyl sites for hydroxylation is 2. The van der Waals surface area contributed by atoms with Crippen LogP contribution in [0.15, 0.2) is 60.2 Å². The maximum atomic E-state index is 13.3. The van der Waals surface area contributed by atoms with Gasteiger partial charge in [0, 0.05) is 5.69 Å². The van der Waals surface area contributed by atoms with E-state index in [9.17, 15) is 23.6 Å². The lowest BCUT2D eigenvalue weighted by atomic mass is 10.0. The van der Waals surface area contributed by atoms with Crippen molar-refractivity contribution in [3.63, 3.8) is 0 Å². The lowest BCUT2D eigenvalue weighted by Crippen LogP contribution is -2.54. The molecule has 3 aromatic carbocycles. The molecule has 0 aliphatic carbocycles. The van der Waals surface area contributed by atoms with E-state index >= 15 is 0 Å². The predicted octanol–water partition coefficient (Wildman–Crippen LogP) is 5.13. The molecule has 3 aromatic rings. The fourth-order valence-corrected chi connectivity index (χ4v) is 4.65. The molecule has 2 N–H and O–H groups in total. The number of ether oxygens (including phenoxy) is 2. The van der Waals surface area contributed by atoms with Crippen LogP contribution >= 0.6 is 22.6 Å². The molecule has 1 fully saturated rings. The van der Waals surface area contributed by atoms with Crippen molar-refractivity contribution in [1.82, 2.24) is 5.32 Å². The first-order valence-electron chi connectivity index (χ1n) is 12.2. The van der Waals surface area contributed by atoms with Crippen LogP contribution in [0.3, 0.4) is 0 Å². The third-order valence-electron chi connectivity index (χ3n) is 5.97. The van der Waals surface area contributed by atoms with Crippen LogP contribution in [0.5, 0.6) is 11.5 Å². The van der Waals surface area contributed by atoms with Crippen LogP contribution in [0.4, 0.5) is 20.6 Å². The van der Waals surface area contributed by atoms with Gasteiger partial charge in [-0.05, 0) is 115 Å². The number of hydrogen-bond acceptors (Lipinski definition) is 6. The number of nitrogens with zero attached hydrogens (tertiary/aromatic N) is 1. The minimum Gasteiger partial charge on any atom is -0.490 e. The Morgan fingerprint density at radius 2 is 1.75 bits per heavy atom. The molecule has 0 atom stereocenters. The van der Waals surface area contributed by atoms with Gasteiger partial charge in [0.2, 0.25) is 0 Å². The zero-order valence-corrected chi connectivity index (χ0v) is 24.0. The SMILES string of the molecule is CCOc1cc(/C=C2/C(=O)NC(=O)N(c3ccc(C)c(C)c3)C2=O)cc(I)c1OCC(=O)Nc1ccc(F)cc1. The Morgan fingerprint density at radius 1 is 1.02 bits per heavy atom. The summed E-state index contributed by atoms with van der Waals surface area (Å²) >= 11 is 2.00. The van der Waals surface area contributed by atoms with Gasteiger partial charge in [0.05, 0.1) is 15.9 Å². The summed E-state index contributed by atoms with van der Waals surface area (Å²) in [6.45, 7) is 5.48. The molecule has 1 aliphatic heterocycles. The van der Waals surface area contributed by atoms with E-state index < -0.39 is 29.6 Å². The number of carbonyl (C=O) groups is 4. The Balaban J connectivity index is 1.58. The van der Waals surface area contributed by atoms with Gasteiger partial charge in [0.25, 0.3) is 17.7 Å². The van der Waals surface area contributed by atoms with E-state index in [1.807, 2.05) is 36.4 Å². The number of nitrogens with one attached hydrogen (secondary N) is 2. The Labute approximate surface area is 243 Å². The van der Waals surface area contributed by atoms with Gasteiger partial charge in [-0.2, -0.15) is 0 Å². The average molecular weight is 657 g/mol. The van der Waals surface area contributed by atoms with Crippen molar-refractivity contribution in [2.24, 2.45) is 0 Å². The molecule has 1 saturated heterocycles. The number of benzene rings is 3. The van der Waals surface area contributed by atoms with Gasteiger partial charge in [-0.25, -0.2) is 14.1 Å². The summed E-state index contributed by atoms with van der Waals surface area (Å²) in [7, 11) is 0. The third kappa shape index (κ3) is 6.47. The second-order valence-corrected chi connectivity index (χ2v) is 10.00. The minimum absolute atomic E-state index is 0.233. The molecule has 9 nitrogen and oxygen atoms in total. The minimum atomic E-state index is -0.831. The van der Waals surface area contributed by atoms with E-state index in [2.05, 4.69) is 10.6 Å². The third-order valence-corrected chi connectivity index (χ3v) is 6.77. The zero-order valence-electron chi connectivity index (χ0n) is 21.8. The van der Waals surface area contributed by atoms with Crippen molar-refractivity contribution in [3.8, 4) is 11.5 Å². The number of anilines is 2. The van der Waals surface area contributed by atoms with Gasteiger partial charge in [0.15, 0.2) is 18.1 Å². The van der Waals surface area contributed by atoms with Crippen molar-refractivity contribution < 1.29 is 33.0 Å². The topological polar surface area (TPSA) is 114 Å². The first-order chi connectivity index (χ1) is 19.1. The summed E-state index contributed by atoms with van der Waals surface area (Å²) < 4.78 is 25.1. The normalized spacial score (nSPS) is 14.3. The smallest absolute Gasteiger partial charge is 0.335 e. The first kappa shape index (κ1) is 28.7. The number of amides is 5. The molecule has 0 spiro atoms. The van der Waals surface area contributed by atoms with Crippen molar-refractivity contribution in [3.05, 3.63) is 86.2 Å². The summed E-state index contributed by atoms with van der Waals surface area (Å²) in [6, 6.07) is 12.9. The molecular weight excluding hydrogens is 632 g/mol. The largest absolute Gasteiger partial charge is 0.490 e. The van der Waals surface area contributed by atoms with Gasteiger partial charge >= 0.3 is 6.03 Å². The van der Waals surface area contributed by atoms with Gasteiger partial charge < -0.3 is 14.8 Å². The van der Waals surface area contributed by atoms with Gasteiger partial charge in [0.1, 0.15) is 11.4 Å². The monoisotopic (exact) mass is 657 g/mol. The van der Waals surface area contributed by atoms with Gasteiger partial charge in [-0.1, -0.05) is 6.07 Å². The van der Waals surface area contributed by atoms with E-state index in [4.69, 9.17) is 9.47 Å². The Bertz CT molecular complexity index is 1540. The standard InChI is InChI=1S/C29H25FIN3O6/c1-4-39-24-14-18(13-23(31)26(24)40-15-25(35)32-20-8-6-19(30)7-9-20)12-22-27(36)33-29(38)34(28(22)37)21-10-5-16(2)17(3)11-21/h5-14H,4,15H2,1-3H3,(H,32,35)(H,33,36,38)/b22-12-. The fraction of sp³-hybridized carbons (Fsp3) is 0.172. The molecule has 4 rings (SSSR count). The lowest BCUT2D eigenvalue weighted by molar-refractivity contribution is -0.122. The number of carbonyl (C=O) groups excluding carboxylic acids is 4. The number of imide groups is 2. The fourth-order valence-electron chi connectivity index (χ4n) is 3.87. The zero-order chi connectivity index (χ0) is 29.0. The summed E-state index contributed by atoms with van der Waals surface area (Å²) in [5.41, 5.74) is 2.86. The van der Waals surface area contributed by atoms with E-state index in [1.165, 1.54) is 30.3 Å². The molecule has 11 heteroatoms. The molecule has 0 saturated carbocycles. The second kappa shape index (κ2) is 12.3. The van der Waals surface area contributed by atoms with Crippen LogP contribution < -0.4 is 25.0 Å². The molecule has 5 amide bonds. The molecule has 0 bridgehead atoms. The maximum absolute atomic E-state index is 13.3. The second-order valence-electron chi connectivity index (χ2n) is 8.83. The van der Waals surface area contributed by atoms with Crippen molar-refractivity contribution in [2.75, 3.05) is 23.4 Å². The van der Waals surface area contributed by atoms with E-state index in [0.717, 1.165) is 16.0 Å². The summed E-state index contributed by atoms with van der Waals surface area (Å²) in [5.74, 6) is -1.87. The Hall–Kier alpha value is -4.26. The van der Waals surface area contributed by atoms with E-state index in [-0.39, 0.29) is 18.8 Å². The van der Waals surface area contributed by atoms with Crippen molar-refractivity contribution in [2.45, 2.75) is 20.8 Å². The van der Waals surface area contributed by atoms with Crippen LogP contribution in [0.2, 0.25) is 0 Å². The van der Waals surface area contributed by atoms with Gasteiger partial charge in [-0.15, -0.1) is 0 Å². The highest BCUT2D eigenvalue weighted by Gasteiger charge is 2.37. The van der Waals surface area contributed by atoms with Crippen LogP contribution in [0.25, 0.3) is 6.08 Å². The first-order valence-corrected chi connectivity index (χ1v) is 13.3. The number of rotatable bonds is 8. The molecule has 1 heterocycles. The van der Waals surface area contributed by atoms with Crippen LogP contribution in [-0.2, 0) is 14.4 Å². The molecular formula is C29H25FIN3O6. The molecule has 0 unspecified atom stereocenters. The van der Waals surface area contributed by atoms with Crippen LogP contribution in [0, 0.1) is 23.2 Å². The summed E-state index contributed by atoms with van der Waals surface area (Å²) in [4.78, 5) is 51.8. The molecule has 40 heavy (non-hydrogen) atoms. The Kier molecular flexibility index (Phi) is 8.83. The average Bonchev–Trinajstić information content (AvgIpc) is 2.89. The number of halogens is 2. The predicted molar refractivity (Wildman–Crippen MR) is 156 cm³/mol. The quantitative estimate of drug-likeness (QED) is 0.197. The van der Waals surface area contributed by atoms with Crippen molar-refractivity contribution in [1.29, 1.82) is 0 Å². The highest BCUT2D eigenvalue weighted by Crippen LogP contribution is 2.35. The van der Waals surface area contributed by atoms with Crippen molar-refractivity contribution >= 4 is 63.8 Å². The Morgan fingerprint density at radius 3 is 2.42 bits per heavy atom. The van der Waals surface area contributed by atoms with Crippen LogP contribution in [0.1, 0.15) is 23.6 Å². The number of urea groups is 1. The number of hydrogen-bond donors (Lipinski definition) is 2.